The van der Waals surface area contributed by atoms with Gasteiger partial charge in [0.25, 0.3) is 5.56 Å². The first-order chi connectivity index (χ1) is 11.9. The molecular weight excluding hydrogens is 362 g/mol. The molecule has 6 nitrogen and oxygen atoms in total. The zero-order valence-electron chi connectivity index (χ0n) is 14.3. The van der Waals surface area contributed by atoms with Crippen LogP contribution in [-0.4, -0.2) is 33.9 Å². The Balaban J connectivity index is 2.30. The van der Waals surface area contributed by atoms with E-state index in [4.69, 9.17) is 22.1 Å². The number of hydrogen-bond donors (Lipinski definition) is 1. The van der Waals surface area contributed by atoms with Crippen LogP contribution in [0.3, 0.4) is 0 Å². The van der Waals surface area contributed by atoms with Crippen LogP contribution in [0.4, 0.5) is 0 Å². The minimum absolute atomic E-state index is 0.118. The SMILES string of the molecule is CC(C)OCCCn1c(SCCC(N)=O)nc2cc(Cl)ccc2c1=O. The second-order valence-corrected chi connectivity index (χ2v) is 7.35. The number of hydrogen-bond acceptors (Lipinski definition) is 5. The van der Waals surface area contributed by atoms with Gasteiger partial charge in [-0.3, -0.25) is 14.2 Å². The van der Waals surface area contributed by atoms with Gasteiger partial charge in [-0.2, -0.15) is 0 Å². The number of rotatable bonds is 9. The fraction of sp³-hybridized carbons (Fsp3) is 0.471. The van der Waals surface area contributed by atoms with Crippen LogP contribution in [0.2, 0.25) is 5.02 Å². The summed E-state index contributed by atoms with van der Waals surface area (Å²) in [5, 5.41) is 1.61. The van der Waals surface area contributed by atoms with Gasteiger partial charge in [-0.15, -0.1) is 0 Å². The molecule has 1 amide bonds. The Morgan fingerprint density at radius 1 is 1.44 bits per heavy atom. The molecule has 1 aromatic heterocycles. The maximum Gasteiger partial charge on any atom is 0.262 e. The molecule has 1 heterocycles. The van der Waals surface area contributed by atoms with Crippen molar-refractivity contribution < 1.29 is 9.53 Å². The van der Waals surface area contributed by atoms with E-state index in [1.54, 1.807) is 22.8 Å². The van der Waals surface area contributed by atoms with Crippen molar-refractivity contribution in [3.05, 3.63) is 33.6 Å². The van der Waals surface area contributed by atoms with Crippen LogP contribution in [-0.2, 0) is 16.1 Å². The molecule has 0 saturated heterocycles. The van der Waals surface area contributed by atoms with Crippen LogP contribution in [0.5, 0.6) is 0 Å². The highest BCUT2D eigenvalue weighted by Gasteiger charge is 2.12. The third-order valence-electron chi connectivity index (χ3n) is 3.44. The Labute approximate surface area is 155 Å². The predicted octanol–water partition coefficient (Wildman–Crippen LogP) is 2.83. The van der Waals surface area contributed by atoms with E-state index in [0.29, 0.717) is 46.4 Å². The summed E-state index contributed by atoms with van der Waals surface area (Å²) < 4.78 is 7.17. The van der Waals surface area contributed by atoms with E-state index in [1.807, 2.05) is 13.8 Å². The van der Waals surface area contributed by atoms with Crippen LogP contribution >= 0.6 is 23.4 Å². The molecule has 25 heavy (non-hydrogen) atoms. The molecule has 0 fully saturated rings. The quantitative estimate of drug-likeness (QED) is 0.408. The van der Waals surface area contributed by atoms with E-state index < -0.39 is 0 Å². The zero-order chi connectivity index (χ0) is 18.4. The lowest BCUT2D eigenvalue weighted by molar-refractivity contribution is -0.117. The molecule has 0 bridgehead atoms. The summed E-state index contributed by atoms with van der Waals surface area (Å²) in [6, 6.07) is 5.04. The van der Waals surface area contributed by atoms with Crippen molar-refractivity contribution in [1.82, 2.24) is 9.55 Å². The summed E-state index contributed by atoms with van der Waals surface area (Å²) in [5.74, 6) is 0.0895. The Kier molecular flexibility index (Phi) is 7.28. The van der Waals surface area contributed by atoms with Crippen molar-refractivity contribution in [2.75, 3.05) is 12.4 Å². The van der Waals surface area contributed by atoms with Crippen LogP contribution in [0, 0.1) is 0 Å². The Morgan fingerprint density at radius 2 is 2.20 bits per heavy atom. The van der Waals surface area contributed by atoms with Gasteiger partial charge in [-0.1, -0.05) is 23.4 Å². The molecule has 0 atom stereocenters. The zero-order valence-corrected chi connectivity index (χ0v) is 15.9. The van der Waals surface area contributed by atoms with Gasteiger partial charge < -0.3 is 10.5 Å². The summed E-state index contributed by atoms with van der Waals surface area (Å²) in [7, 11) is 0. The second kappa shape index (κ2) is 9.22. The predicted molar refractivity (Wildman–Crippen MR) is 101 cm³/mol. The number of benzene rings is 1. The lowest BCUT2D eigenvalue weighted by Gasteiger charge is -2.14. The van der Waals surface area contributed by atoms with Crippen molar-refractivity contribution in [3.8, 4) is 0 Å². The molecule has 2 N–H and O–H groups in total. The molecular formula is C17H22ClN3O3S. The Bertz CT molecular complexity index is 808. The van der Waals surface area contributed by atoms with E-state index in [2.05, 4.69) is 4.98 Å². The van der Waals surface area contributed by atoms with Gasteiger partial charge in [0.1, 0.15) is 0 Å². The average Bonchev–Trinajstić information content (AvgIpc) is 2.52. The third kappa shape index (κ3) is 5.73. The molecule has 0 saturated carbocycles. The first kappa shape index (κ1) is 19.8. The number of thioether (sulfide) groups is 1. The smallest absolute Gasteiger partial charge is 0.262 e. The van der Waals surface area contributed by atoms with Crippen molar-refractivity contribution >= 4 is 40.2 Å². The number of amides is 1. The molecule has 0 spiro atoms. The molecule has 8 heteroatoms. The summed E-state index contributed by atoms with van der Waals surface area (Å²) in [6.07, 6.45) is 1.07. The Morgan fingerprint density at radius 3 is 2.88 bits per heavy atom. The van der Waals surface area contributed by atoms with E-state index in [0.717, 1.165) is 0 Å². The van der Waals surface area contributed by atoms with Gasteiger partial charge in [0, 0.05) is 30.3 Å². The second-order valence-electron chi connectivity index (χ2n) is 5.85. The first-order valence-electron chi connectivity index (χ1n) is 8.11. The fourth-order valence-corrected chi connectivity index (χ4v) is 3.41. The minimum atomic E-state index is -0.379. The third-order valence-corrected chi connectivity index (χ3v) is 4.65. The molecule has 0 aliphatic rings. The molecule has 0 radical (unpaired) electrons. The van der Waals surface area contributed by atoms with Crippen molar-refractivity contribution in [2.45, 2.75) is 44.5 Å². The van der Waals surface area contributed by atoms with E-state index in [9.17, 15) is 9.59 Å². The van der Waals surface area contributed by atoms with Gasteiger partial charge >= 0.3 is 0 Å². The van der Waals surface area contributed by atoms with Crippen LogP contribution in [0.1, 0.15) is 26.7 Å². The number of carbonyl (C=O) groups is 1. The van der Waals surface area contributed by atoms with E-state index in [1.165, 1.54) is 11.8 Å². The summed E-state index contributed by atoms with van der Waals surface area (Å²) in [4.78, 5) is 28.3. The number of nitrogens with two attached hydrogens (primary N) is 1. The number of fused-ring (bicyclic) bond motifs is 1. The van der Waals surface area contributed by atoms with Crippen molar-refractivity contribution in [2.24, 2.45) is 5.73 Å². The molecule has 136 valence electrons. The lowest BCUT2D eigenvalue weighted by atomic mass is 10.2. The molecule has 0 aliphatic heterocycles. The highest BCUT2D eigenvalue weighted by atomic mass is 35.5. The maximum absolute atomic E-state index is 12.8. The monoisotopic (exact) mass is 383 g/mol. The molecule has 0 unspecified atom stereocenters. The molecule has 1 aromatic carbocycles. The summed E-state index contributed by atoms with van der Waals surface area (Å²) in [5.41, 5.74) is 5.62. The van der Waals surface area contributed by atoms with Crippen LogP contribution in [0.25, 0.3) is 10.9 Å². The highest BCUT2D eigenvalue weighted by Crippen LogP contribution is 2.21. The van der Waals surface area contributed by atoms with Gasteiger partial charge in [0.2, 0.25) is 5.91 Å². The number of primary amides is 1. The van der Waals surface area contributed by atoms with Crippen molar-refractivity contribution in [3.63, 3.8) is 0 Å². The maximum atomic E-state index is 12.8. The number of carbonyl (C=O) groups excluding carboxylic acids is 1. The van der Waals surface area contributed by atoms with E-state index in [-0.39, 0.29) is 24.0 Å². The van der Waals surface area contributed by atoms with Crippen LogP contribution < -0.4 is 11.3 Å². The topological polar surface area (TPSA) is 87.2 Å². The normalized spacial score (nSPS) is 11.4. The summed E-state index contributed by atoms with van der Waals surface area (Å²) in [6.45, 7) is 5.00. The lowest BCUT2D eigenvalue weighted by Crippen LogP contribution is -2.24. The van der Waals surface area contributed by atoms with Gasteiger partial charge in [0.15, 0.2) is 5.16 Å². The van der Waals surface area contributed by atoms with Crippen LogP contribution in [0.15, 0.2) is 28.2 Å². The molecule has 0 aliphatic carbocycles. The van der Waals surface area contributed by atoms with Gasteiger partial charge in [0.05, 0.1) is 17.0 Å². The van der Waals surface area contributed by atoms with Gasteiger partial charge in [-0.05, 0) is 38.5 Å². The first-order valence-corrected chi connectivity index (χ1v) is 9.47. The highest BCUT2D eigenvalue weighted by molar-refractivity contribution is 7.99. The standard InChI is InChI=1S/C17H22ClN3O3S/c1-11(2)24-8-3-7-21-16(23)13-5-4-12(18)10-14(13)20-17(21)25-9-6-15(19)22/h4-5,10-11H,3,6-9H2,1-2H3,(H2,19,22). The molecule has 2 rings (SSSR count). The summed E-state index contributed by atoms with van der Waals surface area (Å²) >= 11 is 7.35. The minimum Gasteiger partial charge on any atom is -0.379 e. The fourth-order valence-electron chi connectivity index (χ4n) is 2.27. The molecule has 2 aromatic rings. The number of aromatic nitrogens is 2. The number of ether oxygens (including phenoxy) is 1. The van der Waals surface area contributed by atoms with Crippen molar-refractivity contribution in [1.29, 1.82) is 0 Å². The average molecular weight is 384 g/mol. The number of nitrogens with zero attached hydrogens (tertiary/aromatic N) is 2. The van der Waals surface area contributed by atoms with E-state index >= 15 is 0 Å². The largest absolute Gasteiger partial charge is 0.379 e. The number of halogens is 1. The van der Waals surface area contributed by atoms with Gasteiger partial charge in [-0.25, -0.2) is 4.98 Å². The Hall–Kier alpha value is -1.57.